The summed E-state index contributed by atoms with van der Waals surface area (Å²) >= 11 is 0. The zero-order valence-corrected chi connectivity index (χ0v) is 20.9. The molecular formula is C25H39ClN4O6. The van der Waals surface area contributed by atoms with Crippen LogP contribution >= 0.6 is 0 Å². The molecular weight excluding hydrogens is 488 g/mol. The first kappa shape index (κ1) is 32.9. The van der Waals surface area contributed by atoms with Gasteiger partial charge in [0.25, 0.3) is 0 Å². The minimum absolute atomic E-state index is 0. The first-order valence-electron chi connectivity index (χ1n) is 11.5. The quantitative estimate of drug-likeness (QED) is 0.179. The number of rotatable bonds is 6. The van der Waals surface area contributed by atoms with Crippen molar-refractivity contribution in [2.24, 2.45) is 0 Å². The molecule has 2 aliphatic heterocycles. The highest BCUT2D eigenvalue weighted by molar-refractivity contribution is 5.93. The number of halogens is 1. The average Bonchev–Trinajstić information content (AvgIpc) is 2.81. The number of hydrogen-bond acceptors (Lipinski definition) is 6. The Labute approximate surface area is 219 Å². The molecule has 0 aliphatic carbocycles. The lowest BCUT2D eigenvalue weighted by molar-refractivity contribution is -0.368. The third-order valence-corrected chi connectivity index (χ3v) is 5.37. The van der Waals surface area contributed by atoms with Crippen molar-refractivity contribution in [1.29, 1.82) is 0 Å². The molecule has 0 spiro atoms. The van der Waals surface area contributed by atoms with Gasteiger partial charge >= 0.3 is 5.97 Å². The largest absolute Gasteiger partial charge is 1.00 e. The molecule has 3 amide bonds. The number of nitrogens with one attached hydrogen (secondary N) is 3. The lowest BCUT2D eigenvalue weighted by Crippen LogP contribution is -3.00. The number of unbranched alkanes of at least 4 members (excludes halogenated alkanes) is 1. The fourth-order valence-electron chi connectivity index (χ4n) is 3.55. The topological polar surface area (TPSA) is 150 Å². The Hall–Kier alpha value is -3.11. The Morgan fingerprint density at radius 3 is 2.42 bits per heavy atom. The smallest absolute Gasteiger partial charge is 0.328 e. The number of fused-ring (bicyclic) bond motifs is 13. The summed E-state index contributed by atoms with van der Waals surface area (Å²) in [6.45, 7) is 2.31. The molecule has 11 heteroatoms. The zero-order chi connectivity index (χ0) is 24.9. The molecule has 0 fully saturated rings. The second kappa shape index (κ2) is 17.3. The van der Waals surface area contributed by atoms with Crippen molar-refractivity contribution in [2.75, 3.05) is 20.3 Å². The van der Waals surface area contributed by atoms with Crippen molar-refractivity contribution in [2.45, 2.75) is 64.6 Å². The number of ether oxygens (including phenoxy) is 2. The van der Waals surface area contributed by atoms with Gasteiger partial charge in [-0.1, -0.05) is 31.7 Å². The van der Waals surface area contributed by atoms with Gasteiger partial charge in [-0.3, -0.25) is 14.4 Å². The number of carbonyl (C=O) groups is 4. The van der Waals surface area contributed by atoms with Crippen molar-refractivity contribution < 1.29 is 46.8 Å². The minimum Gasteiger partial charge on any atom is -1.00 e. The third-order valence-electron chi connectivity index (χ3n) is 5.37. The van der Waals surface area contributed by atoms with E-state index in [-0.39, 0.29) is 45.2 Å². The van der Waals surface area contributed by atoms with Crippen LogP contribution < -0.4 is 38.8 Å². The van der Waals surface area contributed by atoms with E-state index in [1.165, 1.54) is 14.0 Å². The van der Waals surface area contributed by atoms with Crippen LogP contribution in [0, 0.1) is 0 Å². The van der Waals surface area contributed by atoms with Gasteiger partial charge in [-0.25, -0.2) is 4.79 Å². The molecule has 1 aromatic rings. The monoisotopic (exact) mass is 526 g/mol. The molecule has 0 radical (unpaired) electrons. The SMILES string of the molecule is C.COC(=O)[C@@H]1CC=CCOc2ccc(cc2)C[C@H](NC(C)=O)C(=O)N[C@H](CCCC[NH3+])C(=O)N1.[Cl-]. The van der Waals surface area contributed by atoms with Gasteiger partial charge in [-0.05, 0) is 43.4 Å². The molecule has 6 N–H and O–H groups in total. The van der Waals surface area contributed by atoms with Crippen LogP contribution in [0.4, 0.5) is 0 Å². The Bertz CT molecular complexity index is 878. The van der Waals surface area contributed by atoms with E-state index < -0.39 is 35.9 Å². The molecule has 0 aromatic heterocycles. The van der Waals surface area contributed by atoms with E-state index in [0.29, 0.717) is 25.1 Å². The molecule has 10 nitrogen and oxygen atoms in total. The predicted octanol–water partition coefficient (Wildman–Crippen LogP) is -2.73. The lowest BCUT2D eigenvalue weighted by atomic mass is 10.0. The molecule has 1 aromatic carbocycles. The Morgan fingerprint density at radius 1 is 1.11 bits per heavy atom. The molecule has 2 bridgehead atoms. The van der Waals surface area contributed by atoms with Crippen molar-refractivity contribution in [1.82, 2.24) is 16.0 Å². The summed E-state index contributed by atoms with van der Waals surface area (Å²) in [6.07, 6.45) is 5.75. The maximum absolute atomic E-state index is 13.1. The van der Waals surface area contributed by atoms with E-state index in [0.717, 1.165) is 12.0 Å². The lowest BCUT2D eigenvalue weighted by Gasteiger charge is -2.24. The number of benzene rings is 1. The summed E-state index contributed by atoms with van der Waals surface area (Å²) < 4.78 is 10.5. The first-order valence-corrected chi connectivity index (χ1v) is 11.5. The number of amides is 3. The maximum Gasteiger partial charge on any atom is 0.328 e. The highest BCUT2D eigenvalue weighted by Crippen LogP contribution is 2.14. The Balaban J connectivity index is 0.00000612. The van der Waals surface area contributed by atoms with E-state index in [1.807, 2.05) is 12.1 Å². The van der Waals surface area contributed by atoms with Gasteiger partial charge in [0.1, 0.15) is 30.5 Å². The van der Waals surface area contributed by atoms with Crippen molar-refractivity contribution >= 4 is 23.7 Å². The van der Waals surface area contributed by atoms with E-state index in [2.05, 4.69) is 21.7 Å². The second-order valence-electron chi connectivity index (χ2n) is 8.11. The van der Waals surface area contributed by atoms with E-state index in [1.54, 1.807) is 24.3 Å². The van der Waals surface area contributed by atoms with Crippen molar-refractivity contribution in [3.05, 3.63) is 42.0 Å². The molecule has 2 aliphatic rings. The van der Waals surface area contributed by atoms with Gasteiger partial charge in [0.15, 0.2) is 0 Å². The summed E-state index contributed by atoms with van der Waals surface area (Å²) in [5.74, 6) is -1.29. The Kier molecular flexibility index (Phi) is 15.8. The van der Waals surface area contributed by atoms with Crippen LogP contribution in [0.25, 0.3) is 0 Å². The van der Waals surface area contributed by atoms with Crippen LogP contribution in [0.3, 0.4) is 0 Å². The fraction of sp³-hybridized carbons (Fsp3) is 0.520. The highest BCUT2D eigenvalue weighted by Gasteiger charge is 2.29. The zero-order valence-electron chi connectivity index (χ0n) is 20.2. The summed E-state index contributed by atoms with van der Waals surface area (Å²) in [4.78, 5) is 50.2. The summed E-state index contributed by atoms with van der Waals surface area (Å²) in [6, 6.07) is 4.55. The molecule has 3 atom stereocenters. The standard InChI is InChI=1S/C24H34N4O6.CH4.ClH/c1-16(29)26-21-15-17-9-11-18(12-10-17)34-14-6-4-8-20(24(32)33-2)28-22(30)19(27-23(21)31)7-3-5-13-25;;/h4,6,9-12,19-21H,3,5,7-8,13-15,25H2,1-2H3,(H,26,29)(H,27,31)(H,28,30);1H4;1H/t19-,20+,21+;;/m1../s1. The highest BCUT2D eigenvalue weighted by atomic mass is 35.5. The Morgan fingerprint density at radius 2 is 1.81 bits per heavy atom. The number of hydrogen-bond donors (Lipinski definition) is 4. The number of carbonyl (C=O) groups excluding carboxylic acids is 4. The summed E-state index contributed by atoms with van der Waals surface area (Å²) in [7, 11) is 1.25. The van der Waals surface area contributed by atoms with Gasteiger partial charge in [0.2, 0.25) is 17.7 Å². The van der Waals surface area contributed by atoms with Crippen LogP contribution in [0.5, 0.6) is 5.75 Å². The number of quaternary nitrogens is 1. The van der Waals surface area contributed by atoms with Gasteiger partial charge in [0.05, 0.1) is 13.7 Å². The van der Waals surface area contributed by atoms with Crippen molar-refractivity contribution in [3.8, 4) is 5.75 Å². The number of esters is 1. The van der Waals surface area contributed by atoms with Crippen LogP contribution in [-0.4, -0.2) is 62.1 Å². The predicted molar refractivity (Wildman–Crippen MR) is 131 cm³/mol. The van der Waals surface area contributed by atoms with Crippen LogP contribution in [0.15, 0.2) is 36.4 Å². The van der Waals surface area contributed by atoms with Crippen LogP contribution in [0.1, 0.15) is 45.6 Å². The van der Waals surface area contributed by atoms with E-state index in [4.69, 9.17) is 9.47 Å². The van der Waals surface area contributed by atoms with E-state index in [9.17, 15) is 19.2 Å². The molecule has 202 valence electrons. The second-order valence-corrected chi connectivity index (χ2v) is 8.11. The molecule has 36 heavy (non-hydrogen) atoms. The number of methoxy groups -OCH3 is 1. The van der Waals surface area contributed by atoms with Crippen LogP contribution in [0.2, 0.25) is 0 Å². The molecule has 0 unspecified atom stereocenters. The van der Waals surface area contributed by atoms with Crippen LogP contribution in [-0.2, 0) is 30.3 Å². The molecule has 2 heterocycles. The van der Waals surface area contributed by atoms with Gasteiger partial charge in [-0.15, -0.1) is 0 Å². The maximum atomic E-state index is 13.1. The molecule has 0 saturated heterocycles. The average molecular weight is 527 g/mol. The van der Waals surface area contributed by atoms with Gasteiger partial charge in [0, 0.05) is 13.3 Å². The minimum atomic E-state index is -0.915. The molecule has 3 rings (SSSR count). The summed E-state index contributed by atoms with van der Waals surface area (Å²) in [5, 5.41) is 8.11. The fourth-order valence-corrected chi connectivity index (χ4v) is 3.55. The van der Waals surface area contributed by atoms with Gasteiger partial charge in [-0.2, -0.15) is 0 Å². The van der Waals surface area contributed by atoms with E-state index >= 15 is 0 Å². The normalized spacial score (nSPS) is 20.4. The third kappa shape index (κ3) is 11.1. The summed E-state index contributed by atoms with van der Waals surface area (Å²) in [5.41, 5.74) is 4.63. The van der Waals surface area contributed by atoms with Crippen molar-refractivity contribution in [3.63, 3.8) is 0 Å². The van der Waals surface area contributed by atoms with Gasteiger partial charge < -0.3 is 43.6 Å². The first-order chi connectivity index (χ1) is 16.3. The molecule has 0 saturated carbocycles.